The van der Waals surface area contributed by atoms with Crippen LogP contribution in [0.15, 0.2) is 53.5 Å². The molecule has 0 unspecified atom stereocenters. The zero-order valence-corrected chi connectivity index (χ0v) is 12.1. The number of fused-ring (bicyclic) bond motifs is 1. The number of aliphatic imine (C=N–C) groups is 1. The minimum Gasteiger partial charge on any atom is -0.280 e. The average molecular weight is 308 g/mol. The summed E-state index contributed by atoms with van der Waals surface area (Å²) in [7, 11) is 0. The third kappa shape index (κ3) is 2.77. The topological polar surface area (TPSA) is 12.4 Å². The fourth-order valence-corrected chi connectivity index (χ4v) is 2.34. The molecule has 4 heteroatoms. The standard InChI is InChI=1S/C16H11ClFN.ClH/c17-12-8-7-11-4-3-9-19-16(14(11)10-12)13-5-1-2-6-15(13)18;/h1-8,10H,9H2;1H. The fraction of sp³-hybridized carbons (Fsp3) is 0.0625. The molecule has 0 N–H and O–H groups in total. The van der Waals surface area contributed by atoms with Crippen molar-refractivity contribution in [3.63, 3.8) is 0 Å². The Balaban J connectivity index is 0.00000147. The first-order valence-corrected chi connectivity index (χ1v) is 6.39. The monoisotopic (exact) mass is 307 g/mol. The van der Waals surface area contributed by atoms with Crippen molar-refractivity contribution in [1.29, 1.82) is 0 Å². The molecule has 0 amide bonds. The number of nitrogens with zero attached hydrogens (tertiary/aromatic N) is 1. The summed E-state index contributed by atoms with van der Waals surface area (Å²) in [6.07, 6.45) is 3.95. The van der Waals surface area contributed by atoms with E-state index in [1.807, 2.05) is 36.4 Å². The molecule has 0 atom stereocenters. The van der Waals surface area contributed by atoms with Crippen LogP contribution in [-0.2, 0) is 0 Å². The summed E-state index contributed by atoms with van der Waals surface area (Å²) in [4.78, 5) is 4.47. The van der Waals surface area contributed by atoms with Gasteiger partial charge in [-0.3, -0.25) is 4.99 Å². The zero-order valence-electron chi connectivity index (χ0n) is 10.5. The van der Waals surface area contributed by atoms with Gasteiger partial charge in [-0.05, 0) is 29.8 Å². The Morgan fingerprint density at radius 1 is 1.05 bits per heavy atom. The molecular weight excluding hydrogens is 296 g/mol. The van der Waals surface area contributed by atoms with Crippen molar-refractivity contribution in [3.05, 3.63) is 76.1 Å². The minimum absolute atomic E-state index is 0. The summed E-state index contributed by atoms with van der Waals surface area (Å²) in [5.74, 6) is -0.269. The van der Waals surface area contributed by atoms with Crippen LogP contribution in [0.2, 0.25) is 5.02 Å². The first-order chi connectivity index (χ1) is 9.25. The van der Waals surface area contributed by atoms with Gasteiger partial charge < -0.3 is 0 Å². The zero-order chi connectivity index (χ0) is 13.2. The van der Waals surface area contributed by atoms with Gasteiger partial charge in [0.15, 0.2) is 0 Å². The third-order valence-electron chi connectivity index (χ3n) is 3.05. The molecular formula is C16H12Cl2FN. The molecule has 0 fully saturated rings. The predicted molar refractivity (Wildman–Crippen MR) is 84.6 cm³/mol. The molecule has 0 bridgehead atoms. The van der Waals surface area contributed by atoms with Gasteiger partial charge in [0.2, 0.25) is 0 Å². The lowest BCUT2D eigenvalue weighted by Crippen LogP contribution is -2.07. The van der Waals surface area contributed by atoms with Gasteiger partial charge in [-0.1, -0.05) is 42.0 Å². The van der Waals surface area contributed by atoms with E-state index < -0.39 is 0 Å². The highest BCUT2D eigenvalue weighted by Crippen LogP contribution is 2.24. The molecule has 0 radical (unpaired) electrons. The molecule has 102 valence electrons. The Hall–Kier alpha value is -1.64. The SMILES string of the molecule is Cl.Fc1ccccc1C1=NCC=Cc2ccc(Cl)cc21. The van der Waals surface area contributed by atoms with E-state index in [9.17, 15) is 4.39 Å². The second-order valence-corrected chi connectivity index (χ2v) is 4.74. The molecule has 1 aliphatic rings. The molecule has 2 aromatic carbocycles. The maximum atomic E-state index is 14.0. The maximum absolute atomic E-state index is 14.0. The Labute approximate surface area is 128 Å². The van der Waals surface area contributed by atoms with Gasteiger partial charge >= 0.3 is 0 Å². The lowest BCUT2D eigenvalue weighted by molar-refractivity contribution is 0.625. The van der Waals surface area contributed by atoms with Gasteiger partial charge in [-0.15, -0.1) is 12.4 Å². The molecule has 2 aromatic rings. The molecule has 1 heterocycles. The summed E-state index contributed by atoms with van der Waals surface area (Å²) in [5.41, 5.74) is 3.03. The second kappa shape index (κ2) is 6.21. The Morgan fingerprint density at radius 3 is 2.65 bits per heavy atom. The summed E-state index contributed by atoms with van der Waals surface area (Å²) >= 11 is 6.05. The summed E-state index contributed by atoms with van der Waals surface area (Å²) in [6, 6.07) is 12.3. The van der Waals surface area contributed by atoms with Crippen LogP contribution in [-0.4, -0.2) is 12.3 Å². The maximum Gasteiger partial charge on any atom is 0.132 e. The van der Waals surface area contributed by atoms with Crippen molar-refractivity contribution in [3.8, 4) is 0 Å². The molecule has 1 aliphatic heterocycles. The Kier molecular flexibility index (Phi) is 4.58. The highest BCUT2D eigenvalue weighted by atomic mass is 35.5. The molecule has 0 saturated carbocycles. The average Bonchev–Trinajstić information content (AvgIpc) is 2.61. The number of hydrogen-bond acceptors (Lipinski definition) is 1. The quantitative estimate of drug-likeness (QED) is 0.720. The van der Waals surface area contributed by atoms with Crippen molar-refractivity contribution < 1.29 is 4.39 Å². The van der Waals surface area contributed by atoms with E-state index in [0.717, 1.165) is 11.1 Å². The van der Waals surface area contributed by atoms with E-state index in [1.165, 1.54) is 6.07 Å². The lowest BCUT2D eigenvalue weighted by Gasteiger charge is -2.10. The number of benzene rings is 2. The van der Waals surface area contributed by atoms with Gasteiger partial charge in [0.1, 0.15) is 5.82 Å². The number of rotatable bonds is 1. The van der Waals surface area contributed by atoms with Gasteiger partial charge in [-0.25, -0.2) is 4.39 Å². The van der Waals surface area contributed by atoms with Crippen molar-refractivity contribution in [2.45, 2.75) is 0 Å². The minimum atomic E-state index is -0.269. The number of hydrogen-bond donors (Lipinski definition) is 0. The largest absolute Gasteiger partial charge is 0.280 e. The molecule has 0 saturated heterocycles. The van der Waals surface area contributed by atoms with E-state index in [-0.39, 0.29) is 18.2 Å². The number of halogens is 3. The van der Waals surface area contributed by atoms with Crippen molar-refractivity contribution in [2.24, 2.45) is 4.99 Å². The first-order valence-electron chi connectivity index (χ1n) is 6.01. The molecule has 3 rings (SSSR count). The van der Waals surface area contributed by atoms with Gasteiger partial charge in [0, 0.05) is 16.1 Å². The molecule has 20 heavy (non-hydrogen) atoms. The normalized spacial score (nSPS) is 13.0. The van der Waals surface area contributed by atoms with Crippen molar-refractivity contribution in [2.75, 3.05) is 6.54 Å². The van der Waals surface area contributed by atoms with E-state index in [1.54, 1.807) is 12.1 Å². The second-order valence-electron chi connectivity index (χ2n) is 4.30. The van der Waals surface area contributed by atoms with Crippen LogP contribution in [0.25, 0.3) is 6.08 Å². The Morgan fingerprint density at radius 2 is 1.85 bits per heavy atom. The van der Waals surface area contributed by atoms with E-state index in [2.05, 4.69) is 4.99 Å². The van der Waals surface area contributed by atoms with Gasteiger partial charge in [0.25, 0.3) is 0 Å². The summed E-state index contributed by atoms with van der Waals surface area (Å²) < 4.78 is 14.0. The predicted octanol–water partition coefficient (Wildman–Crippen LogP) is 4.77. The van der Waals surface area contributed by atoms with Crippen LogP contribution in [0, 0.1) is 5.82 Å². The lowest BCUT2D eigenvalue weighted by atomic mass is 9.97. The van der Waals surface area contributed by atoms with Crippen LogP contribution in [0.5, 0.6) is 0 Å². The van der Waals surface area contributed by atoms with Crippen molar-refractivity contribution in [1.82, 2.24) is 0 Å². The fourth-order valence-electron chi connectivity index (χ4n) is 2.17. The summed E-state index contributed by atoms with van der Waals surface area (Å²) in [6.45, 7) is 0.538. The van der Waals surface area contributed by atoms with Crippen molar-refractivity contribution >= 4 is 35.8 Å². The first kappa shape index (κ1) is 14.8. The highest BCUT2D eigenvalue weighted by Gasteiger charge is 2.15. The highest BCUT2D eigenvalue weighted by molar-refractivity contribution is 6.31. The third-order valence-corrected chi connectivity index (χ3v) is 3.29. The molecule has 1 nitrogen and oxygen atoms in total. The van der Waals surface area contributed by atoms with E-state index >= 15 is 0 Å². The Bertz CT molecular complexity index is 693. The van der Waals surface area contributed by atoms with Crippen LogP contribution in [0.4, 0.5) is 4.39 Å². The summed E-state index contributed by atoms with van der Waals surface area (Å²) in [5, 5.41) is 0.623. The molecule has 0 aromatic heterocycles. The van der Waals surface area contributed by atoms with E-state index in [0.29, 0.717) is 22.8 Å². The molecule has 0 aliphatic carbocycles. The van der Waals surface area contributed by atoms with Crippen LogP contribution >= 0.6 is 24.0 Å². The van der Waals surface area contributed by atoms with Crippen LogP contribution < -0.4 is 0 Å². The van der Waals surface area contributed by atoms with Crippen LogP contribution in [0.1, 0.15) is 16.7 Å². The smallest absolute Gasteiger partial charge is 0.132 e. The van der Waals surface area contributed by atoms with Gasteiger partial charge in [-0.2, -0.15) is 0 Å². The van der Waals surface area contributed by atoms with Crippen LogP contribution in [0.3, 0.4) is 0 Å². The molecule has 0 spiro atoms. The van der Waals surface area contributed by atoms with E-state index in [4.69, 9.17) is 11.6 Å². The van der Waals surface area contributed by atoms with Gasteiger partial charge in [0.05, 0.1) is 12.3 Å².